The van der Waals surface area contributed by atoms with Crippen molar-refractivity contribution in [2.45, 2.75) is 31.4 Å². The molecule has 90 valence electrons. The minimum absolute atomic E-state index is 0.121. The highest BCUT2D eigenvalue weighted by molar-refractivity contribution is 6.28. The van der Waals surface area contributed by atoms with Crippen molar-refractivity contribution in [2.75, 3.05) is 5.73 Å². The molecule has 0 aromatic carbocycles. The molecule has 2 aromatic heterocycles. The summed E-state index contributed by atoms with van der Waals surface area (Å²) in [5.74, 6) is 0.289. The van der Waals surface area contributed by atoms with E-state index in [-0.39, 0.29) is 23.2 Å². The Morgan fingerprint density at radius 2 is 2.24 bits per heavy atom. The van der Waals surface area contributed by atoms with Gasteiger partial charge in [0.1, 0.15) is 5.52 Å². The number of imidazole rings is 1. The lowest BCUT2D eigenvalue weighted by Gasteiger charge is -2.11. The van der Waals surface area contributed by atoms with Gasteiger partial charge in [-0.05, 0) is 30.9 Å². The largest absolute Gasteiger partial charge is 0.393 e. The summed E-state index contributed by atoms with van der Waals surface area (Å²) in [5, 5.41) is 9.68. The molecular weight excluding hydrogens is 242 g/mol. The minimum atomic E-state index is -0.243. The number of nitrogen functional groups attached to an aromatic ring is 1. The molecule has 2 aromatic rings. The normalized spacial score (nSPS) is 24.6. The number of halogens is 1. The topological polar surface area (TPSA) is 89.9 Å². The van der Waals surface area contributed by atoms with E-state index in [0.717, 1.165) is 12.8 Å². The third-order valence-corrected chi connectivity index (χ3v) is 3.36. The summed E-state index contributed by atoms with van der Waals surface area (Å²) in [6, 6.07) is 0.209. The summed E-state index contributed by atoms with van der Waals surface area (Å²) < 4.78 is 1.93. The van der Waals surface area contributed by atoms with E-state index in [1.165, 1.54) is 0 Å². The van der Waals surface area contributed by atoms with Crippen molar-refractivity contribution in [3.05, 3.63) is 11.6 Å². The van der Waals surface area contributed by atoms with Crippen LogP contribution < -0.4 is 5.73 Å². The number of hydrogen-bond donors (Lipinski definition) is 2. The molecule has 1 saturated carbocycles. The first-order chi connectivity index (χ1) is 8.15. The van der Waals surface area contributed by atoms with Gasteiger partial charge in [0.15, 0.2) is 11.5 Å². The molecule has 6 nitrogen and oxygen atoms in total. The standard InChI is InChI=1S/C10H12ClN5O/c11-10-14-8(12)7-9(15-10)16(4-13-7)5-1-2-6(17)3-5/h4-6,17H,1-3H2,(H2,12,14,15)/t5-,6-/m1/s1. The van der Waals surface area contributed by atoms with Crippen molar-refractivity contribution in [1.29, 1.82) is 0 Å². The molecule has 1 aliphatic rings. The first kappa shape index (κ1) is 10.7. The van der Waals surface area contributed by atoms with Crippen molar-refractivity contribution in [3.8, 4) is 0 Å². The van der Waals surface area contributed by atoms with E-state index in [4.69, 9.17) is 17.3 Å². The predicted octanol–water partition coefficient (Wildman–Crippen LogP) is 1.15. The fourth-order valence-corrected chi connectivity index (χ4v) is 2.54. The number of aliphatic hydroxyl groups is 1. The van der Waals surface area contributed by atoms with Gasteiger partial charge in [-0.2, -0.15) is 9.97 Å². The number of aliphatic hydroxyl groups excluding tert-OH is 1. The minimum Gasteiger partial charge on any atom is -0.393 e. The molecule has 0 bridgehead atoms. The average Bonchev–Trinajstić information content (AvgIpc) is 2.83. The predicted molar refractivity (Wildman–Crippen MR) is 63.6 cm³/mol. The zero-order valence-electron chi connectivity index (χ0n) is 9.04. The van der Waals surface area contributed by atoms with Crippen molar-refractivity contribution in [2.24, 2.45) is 0 Å². The van der Waals surface area contributed by atoms with Crippen molar-refractivity contribution < 1.29 is 5.11 Å². The fourth-order valence-electron chi connectivity index (χ4n) is 2.37. The Balaban J connectivity index is 2.11. The molecule has 0 unspecified atom stereocenters. The smallest absolute Gasteiger partial charge is 0.226 e. The van der Waals surface area contributed by atoms with Crippen LogP contribution in [0.5, 0.6) is 0 Å². The molecule has 0 amide bonds. The number of nitrogens with zero attached hydrogens (tertiary/aromatic N) is 4. The maximum Gasteiger partial charge on any atom is 0.226 e. The maximum absolute atomic E-state index is 9.56. The van der Waals surface area contributed by atoms with Crippen molar-refractivity contribution in [1.82, 2.24) is 19.5 Å². The lowest BCUT2D eigenvalue weighted by Crippen LogP contribution is -2.07. The maximum atomic E-state index is 9.56. The Hall–Kier alpha value is -1.40. The molecule has 0 saturated heterocycles. The van der Waals surface area contributed by atoms with Gasteiger partial charge in [0.2, 0.25) is 5.28 Å². The second kappa shape index (κ2) is 3.82. The number of fused-ring (bicyclic) bond motifs is 1. The lowest BCUT2D eigenvalue weighted by molar-refractivity contribution is 0.178. The molecule has 1 fully saturated rings. The van der Waals surface area contributed by atoms with E-state index in [0.29, 0.717) is 17.6 Å². The second-order valence-corrected chi connectivity index (χ2v) is 4.66. The molecule has 3 N–H and O–H groups in total. The number of hydrogen-bond acceptors (Lipinski definition) is 5. The van der Waals surface area contributed by atoms with Gasteiger partial charge >= 0.3 is 0 Å². The Morgan fingerprint density at radius 1 is 1.41 bits per heavy atom. The van der Waals surface area contributed by atoms with Crippen LogP contribution in [0.1, 0.15) is 25.3 Å². The van der Waals surface area contributed by atoms with Crippen LogP contribution in [0.4, 0.5) is 5.82 Å². The van der Waals surface area contributed by atoms with Gasteiger partial charge in [-0.3, -0.25) is 0 Å². The van der Waals surface area contributed by atoms with Gasteiger partial charge in [0, 0.05) is 6.04 Å². The lowest BCUT2D eigenvalue weighted by atomic mass is 10.2. The van der Waals surface area contributed by atoms with Gasteiger partial charge in [-0.1, -0.05) is 0 Å². The molecule has 17 heavy (non-hydrogen) atoms. The highest BCUT2D eigenvalue weighted by Crippen LogP contribution is 2.32. The van der Waals surface area contributed by atoms with E-state index in [9.17, 15) is 5.11 Å². The van der Waals surface area contributed by atoms with Gasteiger partial charge in [-0.25, -0.2) is 4.98 Å². The van der Waals surface area contributed by atoms with E-state index >= 15 is 0 Å². The third-order valence-electron chi connectivity index (χ3n) is 3.19. The van der Waals surface area contributed by atoms with Crippen LogP contribution in [-0.2, 0) is 0 Å². The Kier molecular flexibility index (Phi) is 2.41. The summed E-state index contributed by atoms with van der Waals surface area (Å²) in [5.41, 5.74) is 6.94. The van der Waals surface area contributed by atoms with E-state index in [1.54, 1.807) is 6.33 Å². The average molecular weight is 254 g/mol. The van der Waals surface area contributed by atoms with E-state index < -0.39 is 0 Å². The quantitative estimate of drug-likeness (QED) is 0.744. The summed E-state index contributed by atoms with van der Waals surface area (Å²) in [6.45, 7) is 0. The van der Waals surface area contributed by atoms with Gasteiger partial charge in [0.05, 0.1) is 12.4 Å². The van der Waals surface area contributed by atoms with Crippen LogP contribution >= 0.6 is 11.6 Å². The zero-order valence-corrected chi connectivity index (χ0v) is 9.80. The zero-order chi connectivity index (χ0) is 12.0. The first-order valence-corrected chi connectivity index (χ1v) is 5.86. The van der Waals surface area contributed by atoms with Crippen LogP contribution in [0.25, 0.3) is 11.2 Å². The number of aromatic nitrogens is 4. The summed E-state index contributed by atoms with van der Waals surface area (Å²) in [6.07, 6.45) is 3.88. The Bertz CT molecular complexity index is 569. The molecule has 2 heterocycles. The molecule has 2 atom stereocenters. The van der Waals surface area contributed by atoms with Crippen LogP contribution in [0.2, 0.25) is 5.28 Å². The SMILES string of the molecule is Nc1nc(Cl)nc2c1ncn2[C@@H]1CC[C@@H](O)C1. The molecule has 7 heteroatoms. The number of nitrogens with two attached hydrogens (primary N) is 1. The van der Waals surface area contributed by atoms with Gasteiger partial charge < -0.3 is 15.4 Å². The molecular formula is C10H12ClN5O. The molecule has 0 spiro atoms. The Morgan fingerprint density at radius 3 is 2.94 bits per heavy atom. The van der Waals surface area contributed by atoms with Gasteiger partial charge in [0.25, 0.3) is 0 Å². The highest BCUT2D eigenvalue weighted by Gasteiger charge is 2.26. The van der Waals surface area contributed by atoms with E-state index in [2.05, 4.69) is 15.0 Å². The molecule has 0 radical (unpaired) electrons. The van der Waals surface area contributed by atoms with Crippen molar-refractivity contribution >= 4 is 28.6 Å². The van der Waals surface area contributed by atoms with Crippen LogP contribution in [0, 0.1) is 0 Å². The monoisotopic (exact) mass is 253 g/mol. The van der Waals surface area contributed by atoms with Crippen LogP contribution in [-0.4, -0.2) is 30.7 Å². The highest BCUT2D eigenvalue weighted by atomic mass is 35.5. The third kappa shape index (κ3) is 1.73. The fraction of sp³-hybridized carbons (Fsp3) is 0.500. The summed E-state index contributed by atoms with van der Waals surface area (Å²) >= 11 is 5.80. The number of rotatable bonds is 1. The number of anilines is 1. The molecule has 3 rings (SSSR count). The van der Waals surface area contributed by atoms with Crippen LogP contribution in [0.3, 0.4) is 0 Å². The molecule has 0 aliphatic heterocycles. The second-order valence-electron chi connectivity index (χ2n) is 4.32. The van der Waals surface area contributed by atoms with Gasteiger partial charge in [-0.15, -0.1) is 0 Å². The summed E-state index contributed by atoms with van der Waals surface area (Å²) in [7, 11) is 0. The summed E-state index contributed by atoms with van der Waals surface area (Å²) in [4.78, 5) is 12.2. The van der Waals surface area contributed by atoms with E-state index in [1.807, 2.05) is 4.57 Å². The first-order valence-electron chi connectivity index (χ1n) is 5.49. The van der Waals surface area contributed by atoms with Crippen molar-refractivity contribution in [3.63, 3.8) is 0 Å². The van der Waals surface area contributed by atoms with Crippen LogP contribution in [0.15, 0.2) is 6.33 Å². The molecule has 1 aliphatic carbocycles. The Labute approximate surface area is 102 Å².